The van der Waals surface area contributed by atoms with Crippen molar-refractivity contribution in [2.24, 2.45) is 0 Å². The summed E-state index contributed by atoms with van der Waals surface area (Å²) in [5.74, 6) is 0.182. The van der Waals surface area contributed by atoms with Gasteiger partial charge in [0.1, 0.15) is 17.7 Å². The number of benzene rings is 1. The Kier molecular flexibility index (Phi) is 4.92. The number of carbonyl (C=O) groups excluding carboxylic acids is 1. The first-order valence-electron chi connectivity index (χ1n) is 7.57. The molecule has 0 aliphatic heterocycles. The number of nitrogens with one attached hydrogen (secondary N) is 1. The maximum atomic E-state index is 12.6. The van der Waals surface area contributed by atoms with Crippen LogP contribution in [0, 0.1) is 10.1 Å². The number of hydrogen-bond acceptors (Lipinski definition) is 8. The molecule has 0 radical (unpaired) electrons. The summed E-state index contributed by atoms with van der Waals surface area (Å²) < 4.78 is 11.6. The summed E-state index contributed by atoms with van der Waals surface area (Å²) in [5.41, 5.74) is -0.622. The van der Waals surface area contributed by atoms with Crippen LogP contribution in [-0.2, 0) is 0 Å². The third-order valence-electron chi connectivity index (χ3n) is 3.58. The van der Waals surface area contributed by atoms with Gasteiger partial charge in [-0.25, -0.2) is 14.6 Å². The van der Waals surface area contributed by atoms with E-state index in [0.29, 0.717) is 5.82 Å². The Bertz CT molecular complexity index is 989. The lowest BCUT2D eigenvalue weighted by molar-refractivity contribution is -0.385. The topological polar surface area (TPSA) is 134 Å². The average molecular weight is 370 g/mol. The molecular weight excluding hydrogens is 356 g/mol. The number of rotatable bonds is 6. The standard InChI is InChI=1S/C16H14N6O5/c1-26-12-6-10(11(22(24)25)7-13(12)27-2)16(23)20-14-8-15(18-9-17-14)21-5-3-4-19-21/h3-9H,1-2H3,(H,17,18,20,23). The molecular formula is C16H14N6O5. The van der Waals surface area contributed by atoms with Gasteiger partial charge in [0, 0.05) is 24.5 Å². The molecule has 0 saturated carbocycles. The van der Waals surface area contributed by atoms with E-state index in [-0.39, 0.29) is 22.9 Å². The first-order valence-corrected chi connectivity index (χ1v) is 7.57. The summed E-state index contributed by atoms with van der Waals surface area (Å²) in [6, 6.07) is 5.57. The van der Waals surface area contributed by atoms with E-state index in [1.807, 2.05) is 0 Å². The number of anilines is 1. The van der Waals surface area contributed by atoms with Crippen LogP contribution in [0.25, 0.3) is 5.82 Å². The van der Waals surface area contributed by atoms with Crippen LogP contribution in [0.2, 0.25) is 0 Å². The highest BCUT2D eigenvalue weighted by atomic mass is 16.6. The minimum Gasteiger partial charge on any atom is -0.493 e. The molecule has 2 aromatic heterocycles. The number of nitro groups is 1. The van der Waals surface area contributed by atoms with Crippen molar-refractivity contribution < 1.29 is 19.2 Å². The van der Waals surface area contributed by atoms with Gasteiger partial charge in [-0.1, -0.05) is 0 Å². The second-order valence-corrected chi connectivity index (χ2v) is 5.15. The molecule has 138 valence electrons. The Morgan fingerprint density at radius 3 is 2.56 bits per heavy atom. The van der Waals surface area contributed by atoms with Gasteiger partial charge in [-0.15, -0.1) is 0 Å². The van der Waals surface area contributed by atoms with E-state index in [2.05, 4.69) is 20.4 Å². The lowest BCUT2D eigenvalue weighted by atomic mass is 10.1. The molecule has 3 aromatic rings. The molecule has 3 rings (SSSR count). The molecule has 11 nitrogen and oxygen atoms in total. The third kappa shape index (κ3) is 3.66. The van der Waals surface area contributed by atoms with Crippen molar-refractivity contribution in [3.8, 4) is 17.3 Å². The maximum absolute atomic E-state index is 12.6. The molecule has 0 fully saturated rings. The van der Waals surface area contributed by atoms with Gasteiger partial charge < -0.3 is 14.8 Å². The molecule has 2 heterocycles. The molecule has 1 aromatic carbocycles. The number of hydrogen-bond donors (Lipinski definition) is 1. The Balaban J connectivity index is 1.94. The lowest BCUT2D eigenvalue weighted by Gasteiger charge is -2.11. The number of methoxy groups -OCH3 is 2. The molecule has 0 saturated heterocycles. The number of ether oxygens (including phenoxy) is 2. The summed E-state index contributed by atoms with van der Waals surface area (Å²) in [6.07, 6.45) is 4.50. The van der Waals surface area contributed by atoms with Crippen molar-refractivity contribution in [2.75, 3.05) is 19.5 Å². The van der Waals surface area contributed by atoms with Crippen LogP contribution >= 0.6 is 0 Å². The predicted molar refractivity (Wildman–Crippen MR) is 93.3 cm³/mol. The van der Waals surface area contributed by atoms with Crippen molar-refractivity contribution in [2.45, 2.75) is 0 Å². The van der Waals surface area contributed by atoms with Crippen LogP contribution in [-0.4, -0.2) is 44.8 Å². The van der Waals surface area contributed by atoms with Crippen LogP contribution in [0.5, 0.6) is 11.5 Å². The van der Waals surface area contributed by atoms with Crippen LogP contribution in [0.4, 0.5) is 11.5 Å². The van der Waals surface area contributed by atoms with Gasteiger partial charge in [-0.05, 0) is 6.07 Å². The molecule has 11 heteroatoms. The van der Waals surface area contributed by atoms with E-state index in [0.717, 1.165) is 6.07 Å². The van der Waals surface area contributed by atoms with Crippen molar-refractivity contribution in [1.82, 2.24) is 19.7 Å². The van der Waals surface area contributed by atoms with Crippen LogP contribution in [0.15, 0.2) is 43.0 Å². The second kappa shape index (κ2) is 7.47. The summed E-state index contributed by atoms with van der Waals surface area (Å²) >= 11 is 0. The molecule has 0 aliphatic carbocycles. The molecule has 0 atom stereocenters. The first kappa shape index (κ1) is 17.8. The van der Waals surface area contributed by atoms with Gasteiger partial charge in [0.2, 0.25) is 0 Å². The summed E-state index contributed by atoms with van der Waals surface area (Å²) in [7, 11) is 2.71. The second-order valence-electron chi connectivity index (χ2n) is 5.15. The Morgan fingerprint density at radius 2 is 1.93 bits per heavy atom. The van der Waals surface area contributed by atoms with E-state index in [1.54, 1.807) is 18.5 Å². The van der Waals surface area contributed by atoms with Gasteiger partial charge in [0.05, 0.1) is 25.2 Å². The van der Waals surface area contributed by atoms with Crippen molar-refractivity contribution in [3.63, 3.8) is 0 Å². The monoisotopic (exact) mass is 370 g/mol. The van der Waals surface area contributed by atoms with Crippen LogP contribution in [0.3, 0.4) is 0 Å². The van der Waals surface area contributed by atoms with E-state index in [9.17, 15) is 14.9 Å². The van der Waals surface area contributed by atoms with Gasteiger partial charge in [-0.2, -0.15) is 5.10 Å². The fourth-order valence-corrected chi connectivity index (χ4v) is 2.33. The molecule has 0 aliphatic rings. The lowest BCUT2D eigenvalue weighted by Crippen LogP contribution is -2.16. The Hall–Kier alpha value is -4.02. The smallest absolute Gasteiger partial charge is 0.286 e. The maximum Gasteiger partial charge on any atom is 0.286 e. The summed E-state index contributed by atoms with van der Waals surface area (Å²) in [5, 5.41) is 17.9. The number of aromatic nitrogens is 4. The van der Waals surface area contributed by atoms with E-state index in [1.165, 1.54) is 37.4 Å². The molecule has 27 heavy (non-hydrogen) atoms. The van der Waals surface area contributed by atoms with Crippen molar-refractivity contribution in [1.29, 1.82) is 0 Å². The molecule has 0 unspecified atom stereocenters. The highest BCUT2D eigenvalue weighted by Crippen LogP contribution is 2.34. The van der Waals surface area contributed by atoms with Gasteiger partial charge in [-0.3, -0.25) is 14.9 Å². The normalized spacial score (nSPS) is 10.3. The minimum absolute atomic E-state index is 0.142. The predicted octanol–water partition coefficient (Wildman–Crippen LogP) is 1.84. The SMILES string of the molecule is COc1cc(C(=O)Nc2cc(-n3cccn3)ncn2)c([N+](=O)[O-])cc1OC. The molecule has 0 spiro atoms. The number of nitro benzene ring substituents is 1. The van der Waals surface area contributed by atoms with Gasteiger partial charge in [0.15, 0.2) is 17.3 Å². The van der Waals surface area contributed by atoms with Crippen molar-refractivity contribution >= 4 is 17.4 Å². The zero-order chi connectivity index (χ0) is 19.4. The van der Waals surface area contributed by atoms with Gasteiger partial charge >= 0.3 is 0 Å². The van der Waals surface area contributed by atoms with E-state index in [4.69, 9.17) is 9.47 Å². The third-order valence-corrected chi connectivity index (χ3v) is 3.58. The highest BCUT2D eigenvalue weighted by molar-refractivity contribution is 6.07. The number of carbonyl (C=O) groups is 1. The molecule has 1 N–H and O–H groups in total. The quantitative estimate of drug-likeness (QED) is 0.513. The average Bonchev–Trinajstić information content (AvgIpc) is 3.21. The Morgan fingerprint density at radius 1 is 1.19 bits per heavy atom. The highest BCUT2D eigenvalue weighted by Gasteiger charge is 2.25. The Labute approximate surface area is 152 Å². The summed E-state index contributed by atoms with van der Waals surface area (Å²) in [6.45, 7) is 0. The van der Waals surface area contributed by atoms with Crippen molar-refractivity contribution in [3.05, 3.63) is 58.7 Å². The largest absolute Gasteiger partial charge is 0.493 e. The minimum atomic E-state index is -0.729. The number of nitrogens with zero attached hydrogens (tertiary/aromatic N) is 5. The van der Waals surface area contributed by atoms with Crippen LogP contribution in [0.1, 0.15) is 10.4 Å². The zero-order valence-electron chi connectivity index (χ0n) is 14.3. The first-order chi connectivity index (χ1) is 13.0. The van der Waals surface area contributed by atoms with E-state index < -0.39 is 16.5 Å². The molecule has 1 amide bonds. The fraction of sp³-hybridized carbons (Fsp3) is 0.125. The fourth-order valence-electron chi connectivity index (χ4n) is 2.33. The number of amides is 1. The zero-order valence-corrected chi connectivity index (χ0v) is 14.3. The van der Waals surface area contributed by atoms with Gasteiger partial charge in [0.25, 0.3) is 11.6 Å². The van der Waals surface area contributed by atoms with Crippen LogP contribution < -0.4 is 14.8 Å². The summed E-state index contributed by atoms with van der Waals surface area (Å²) in [4.78, 5) is 31.3. The van der Waals surface area contributed by atoms with E-state index >= 15 is 0 Å². The molecule has 0 bridgehead atoms.